The van der Waals surface area contributed by atoms with Gasteiger partial charge in [-0.05, 0) is 43.5 Å². The maximum Gasteiger partial charge on any atom is 0.194 e. The highest BCUT2D eigenvalue weighted by Gasteiger charge is 2.16. The van der Waals surface area contributed by atoms with Crippen LogP contribution in [0.1, 0.15) is 22.9 Å². The number of hydrogen-bond donors (Lipinski definition) is 0. The predicted molar refractivity (Wildman–Crippen MR) is 83.9 cm³/mol. The molecule has 0 spiro atoms. The number of aromatic nitrogens is 2. The van der Waals surface area contributed by atoms with Gasteiger partial charge in [-0.1, -0.05) is 6.92 Å². The monoisotopic (exact) mass is 286 g/mol. The van der Waals surface area contributed by atoms with Crippen LogP contribution < -0.4 is 4.74 Å². The maximum absolute atomic E-state index is 5.41. The van der Waals surface area contributed by atoms with Crippen molar-refractivity contribution in [1.82, 2.24) is 9.38 Å². The molecule has 0 fully saturated rings. The van der Waals surface area contributed by atoms with Gasteiger partial charge >= 0.3 is 0 Å². The summed E-state index contributed by atoms with van der Waals surface area (Å²) in [5.41, 5.74) is 4.93. The van der Waals surface area contributed by atoms with Crippen LogP contribution in [0, 0.1) is 13.8 Å². The fourth-order valence-electron chi connectivity index (χ4n) is 2.61. The molecule has 0 radical (unpaired) electrons. The lowest BCUT2D eigenvalue weighted by atomic mass is 10.0. The van der Waals surface area contributed by atoms with E-state index in [1.165, 1.54) is 21.7 Å². The molecule has 104 valence electrons. The lowest BCUT2D eigenvalue weighted by Crippen LogP contribution is -1.95. The molecule has 0 N–H and O–H groups in total. The summed E-state index contributed by atoms with van der Waals surface area (Å²) in [6.45, 7) is 6.42. The van der Waals surface area contributed by atoms with Gasteiger partial charge in [0.15, 0.2) is 4.96 Å². The zero-order valence-electron chi connectivity index (χ0n) is 12.2. The van der Waals surface area contributed by atoms with Gasteiger partial charge < -0.3 is 4.74 Å². The van der Waals surface area contributed by atoms with E-state index in [9.17, 15) is 0 Å². The SMILES string of the molecule is CCc1sc2nccn2c1-c1cc(C)c(OC)cc1C. The van der Waals surface area contributed by atoms with Crippen molar-refractivity contribution in [3.63, 3.8) is 0 Å². The molecular weight excluding hydrogens is 268 g/mol. The van der Waals surface area contributed by atoms with E-state index in [4.69, 9.17) is 4.74 Å². The van der Waals surface area contributed by atoms with E-state index in [2.05, 4.69) is 42.3 Å². The Balaban J connectivity index is 2.29. The number of fused-ring (bicyclic) bond motifs is 1. The fraction of sp³-hybridized carbons (Fsp3) is 0.312. The first-order valence-corrected chi connectivity index (χ1v) is 7.57. The van der Waals surface area contributed by atoms with Crippen LogP contribution in [0.25, 0.3) is 16.2 Å². The minimum atomic E-state index is 0.946. The number of ether oxygens (including phenoxy) is 1. The highest BCUT2D eigenvalue weighted by Crippen LogP contribution is 2.36. The second-order valence-corrected chi connectivity index (χ2v) is 6.01. The van der Waals surface area contributed by atoms with Crippen molar-refractivity contribution in [1.29, 1.82) is 0 Å². The van der Waals surface area contributed by atoms with Gasteiger partial charge in [-0.25, -0.2) is 4.98 Å². The van der Waals surface area contributed by atoms with E-state index in [0.717, 1.165) is 22.7 Å². The van der Waals surface area contributed by atoms with E-state index in [1.54, 1.807) is 18.4 Å². The average Bonchev–Trinajstić information content (AvgIpc) is 3.01. The first-order chi connectivity index (χ1) is 9.65. The van der Waals surface area contributed by atoms with E-state index in [-0.39, 0.29) is 0 Å². The molecule has 2 aromatic heterocycles. The average molecular weight is 286 g/mol. The van der Waals surface area contributed by atoms with Crippen LogP contribution >= 0.6 is 11.3 Å². The predicted octanol–water partition coefficient (Wildman–Crippen LogP) is 4.25. The lowest BCUT2D eigenvalue weighted by molar-refractivity contribution is 0.411. The van der Waals surface area contributed by atoms with E-state index in [0.29, 0.717) is 0 Å². The highest BCUT2D eigenvalue weighted by molar-refractivity contribution is 7.17. The summed E-state index contributed by atoms with van der Waals surface area (Å²) in [6.07, 6.45) is 4.92. The van der Waals surface area contributed by atoms with E-state index in [1.807, 2.05) is 12.4 Å². The molecule has 0 saturated heterocycles. The molecule has 2 heterocycles. The standard InChI is InChI=1S/C16H18N2OS/c1-5-14-15(18-7-6-17-16(18)20-14)12-8-11(3)13(19-4)9-10(12)2/h6-9H,5H2,1-4H3. The van der Waals surface area contributed by atoms with E-state index < -0.39 is 0 Å². The maximum atomic E-state index is 5.41. The summed E-state index contributed by atoms with van der Waals surface area (Å²) in [6, 6.07) is 4.33. The zero-order valence-corrected chi connectivity index (χ0v) is 13.0. The normalized spacial score (nSPS) is 11.2. The van der Waals surface area contributed by atoms with Gasteiger partial charge in [0.2, 0.25) is 0 Å². The van der Waals surface area contributed by atoms with Crippen LogP contribution in [0.15, 0.2) is 24.5 Å². The molecule has 4 heteroatoms. The van der Waals surface area contributed by atoms with E-state index >= 15 is 0 Å². The smallest absolute Gasteiger partial charge is 0.194 e. The number of nitrogens with zero attached hydrogens (tertiary/aromatic N) is 2. The molecule has 20 heavy (non-hydrogen) atoms. The fourth-order valence-corrected chi connectivity index (χ4v) is 3.65. The van der Waals surface area contributed by atoms with Gasteiger partial charge in [0.25, 0.3) is 0 Å². The van der Waals surface area contributed by atoms with Crippen molar-refractivity contribution in [2.24, 2.45) is 0 Å². The Bertz CT molecular complexity index is 770. The Hall–Kier alpha value is -1.81. The largest absolute Gasteiger partial charge is 0.496 e. The van der Waals surface area contributed by atoms with Crippen LogP contribution in [0.3, 0.4) is 0 Å². The third-order valence-corrected chi connectivity index (χ3v) is 4.86. The number of methoxy groups -OCH3 is 1. The first kappa shape index (κ1) is 13.2. The molecule has 0 aliphatic heterocycles. The molecule has 0 atom stereocenters. The Morgan fingerprint density at radius 2 is 2.05 bits per heavy atom. The Kier molecular flexibility index (Phi) is 3.26. The molecule has 0 saturated carbocycles. The zero-order chi connectivity index (χ0) is 14.3. The van der Waals surface area contributed by atoms with Crippen LogP contribution in [0.4, 0.5) is 0 Å². The van der Waals surface area contributed by atoms with Gasteiger partial charge in [0.05, 0.1) is 12.8 Å². The minimum absolute atomic E-state index is 0.946. The Morgan fingerprint density at radius 3 is 2.75 bits per heavy atom. The summed E-state index contributed by atoms with van der Waals surface area (Å²) in [4.78, 5) is 6.85. The molecule has 0 aliphatic carbocycles. The Morgan fingerprint density at radius 1 is 1.25 bits per heavy atom. The van der Waals surface area contributed by atoms with Crippen molar-refractivity contribution in [3.05, 3.63) is 40.5 Å². The molecule has 3 rings (SSSR count). The van der Waals surface area contributed by atoms with Crippen molar-refractivity contribution < 1.29 is 4.74 Å². The van der Waals surface area contributed by atoms with Gasteiger partial charge in [-0.15, -0.1) is 11.3 Å². The molecule has 3 nitrogen and oxygen atoms in total. The molecule has 3 aromatic rings. The van der Waals surface area contributed by atoms with Crippen LogP contribution in [0.2, 0.25) is 0 Å². The third kappa shape index (κ3) is 1.91. The van der Waals surface area contributed by atoms with Crippen molar-refractivity contribution >= 4 is 16.3 Å². The van der Waals surface area contributed by atoms with Crippen LogP contribution in [0.5, 0.6) is 5.75 Å². The van der Waals surface area contributed by atoms with Crippen molar-refractivity contribution in [2.75, 3.05) is 7.11 Å². The summed E-state index contributed by atoms with van der Waals surface area (Å²) >= 11 is 1.77. The van der Waals surface area contributed by atoms with Crippen LogP contribution in [-0.2, 0) is 6.42 Å². The number of rotatable bonds is 3. The lowest BCUT2D eigenvalue weighted by Gasteiger charge is -2.12. The number of benzene rings is 1. The van der Waals surface area contributed by atoms with Gasteiger partial charge in [-0.2, -0.15) is 0 Å². The molecular formula is C16H18N2OS. The molecule has 0 amide bonds. The second-order valence-electron chi connectivity index (χ2n) is 4.94. The van der Waals surface area contributed by atoms with Gasteiger partial charge in [0, 0.05) is 22.8 Å². The molecule has 0 unspecified atom stereocenters. The van der Waals surface area contributed by atoms with Gasteiger partial charge in [0.1, 0.15) is 5.75 Å². The molecule has 1 aromatic carbocycles. The third-order valence-electron chi connectivity index (χ3n) is 3.64. The minimum Gasteiger partial charge on any atom is -0.496 e. The summed E-state index contributed by atoms with van der Waals surface area (Å²) in [5.74, 6) is 0.946. The van der Waals surface area contributed by atoms with Gasteiger partial charge in [-0.3, -0.25) is 4.40 Å². The summed E-state index contributed by atoms with van der Waals surface area (Å²) < 4.78 is 7.60. The number of hydrogen-bond acceptors (Lipinski definition) is 3. The topological polar surface area (TPSA) is 26.5 Å². The number of thiazole rings is 1. The second kappa shape index (κ2) is 4.94. The molecule has 0 aliphatic rings. The quantitative estimate of drug-likeness (QED) is 0.719. The summed E-state index contributed by atoms with van der Waals surface area (Å²) in [7, 11) is 1.72. The van der Waals surface area contributed by atoms with Crippen molar-refractivity contribution in [2.45, 2.75) is 27.2 Å². The highest BCUT2D eigenvalue weighted by atomic mass is 32.1. The number of imidazole rings is 1. The Labute approximate surface area is 122 Å². The summed E-state index contributed by atoms with van der Waals surface area (Å²) in [5, 5.41) is 0. The van der Waals surface area contributed by atoms with Crippen LogP contribution in [-0.4, -0.2) is 16.5 Å². The first-order valence-electron chi connectivity index (χ1n) is 6.76. The number of aryl methyl sites for hydroxylation is 3. The molecule has 0 bridgehead atoms. The van der Waals surface area contributed by atoms with Crippen molar-refractivity contribution in [3.8, 4) is 17.0 Å².